The maximum Gasteiger partial charge on any atom is 0.393 e. The van der Waals surface area contributed by atoms with Gasteiger partial charge in [0.15, 0.2) is 0 Å². The molecule has 0 spiro atoms. The van der Waals surface area contributed by atoms with E-state index in [1.807, 2.05) is 0 Å². The van der Waals surface area contributed by atoms with Crippen LogP contribution in [-0.2, 0) is 4.79 Å². The molecule has 1 aliphatic rings. The fraction of sp³-hybridized carbons (Fsp3) is 0.917. The van der Waals surface area contributed by atoms with E-state index in [9.17, 15) is 18.0 Å². The highest BCUT2D eigenvalue weighted by Gasteiger charge is 2.46. The maximum absolute atomic E-state index is 12.8. The topological polar surface area (TPSA) is 55.1 Å². The number of nitrogens with two attached hydrogens (primary N) is 1. The minimum Gasteiger partial charge on any atom is -0.352 e. The summed E-state index contributed by atoms with van der Waals surface area (Å²) in [6, 6.07) is -0.785. The first kappa shape index (κ1) is 15.3. The van der Waals surface area contributed by atoms with Gasteiger partial charge in [-0.2, -0.15) is 13.2 Å². The van der Waals surface area contributed by atoms with Gasteiger partial charge in [-0.1, -0.05) is 19.8 Å². The van der Waals surface area contributed by atoms with Gasteiger partial charge in [0.05, 0.1) is 5.92 Å². The van der Waals surface area contributed by atoms with Crippen LogP contribution in [0.2, 0.25) is 0 Å². The zero-order chi connectivity index (χ0) is 13.8. The van der Waals surface area contributed by atoms with E-state index in [4.69, 9.17) is 5.73 Å². The Morgan fingerprint density at radius 2 is 2.00 bits per heavy atom. The van der Waals surface area contributed by atoms with Crippen molar-refractivity contribution in [2.75, 3.05) is 6.54 Å². The van der Waals surface area contributed by atoms with Crippen molar-refractivity contribution in [3.63, 3.8) is 0 Å². The summed E-state index contributed by atoms with van der Waals surface area (Å²) in [7, 11) is 0. The second-order valence-electron chi connectivity index (χ2n) is 4.89. The van der Waals surface area contributed by atoms with Gasteiger partial charge in [0, 0.05) is 18.5 Å². The van der Waals surface area contributed by atoms with Crippen LogP contribution < -0.4 is 11.1 Å². The number of amides is 1. The van der Waals surface area contributed by atoms with Crippen LogP contribution in [0.25, 0.3) is 0 Å². The zero-order valence-electron chi connectivity index (χ0n) is 10.6. The molecule has 0 radical (unpaired) electrons. The van der Waals surface area contributed by atoms with Gasteiger partial charge in [-0.3, -0.25) is 4.79 Å². The molecular formula is C12H21F3N2O. The highest BCUT2D eigenvalue weighted by Crippen LogP contribution is 2.37. The third-order valence-corrected chi connectivity index (χ3v) is 3.66. The minimum absolute atomic E-state index is 0.105. The van der Waals surface area contributed by atoms with E-state index in [0.717, 1.165) is 6.42 Å². The first-order valence-corrected chi connectivity index (χ1v) is 6.47. The Hall–Kier alpha value is -0.780. The summed E-state index contributed by atoms with van der Waals surface area (Å²) >= 11 is 0. The third-order valence-electron chi connectivity index (χ3n) is 3.66. The van der Waals surface area contributed by atoms with Gasteiger partial charge in [0.1, 0.15) is 0 Å². The zero-order valence-corrected chi connectivity index (χ0v) is 10.6. The summed E-state index contributed by atoms with van der Waals surface area (Å²) in [5.41, 5.74) is 5.43. The van der Waals surface area contributed by atoms with Crippen LogP contribution in [0.1, 0.15) is 39.0 Å². The molecule has 1 fully saturated rings. The molecule has 0 heterocycles. The summed E-state index contributed by atoms with van der Waals surface area (Å²) in [6.45, 7) is 1.98. The monoisotopic (exact) mass is 266 g/mol. The Bertz CT molecular complexity index is 277. The molecule has 0 saturated heterocycles. The molecule has 3 nitrogen and oxygen atoms in total. The fourth-order valence-corrected chi connectivity index (χ4v) is 2.46. The lowest BCUT2D eigenvalue weighted by Crippen LogP contribution is -2.50. The van der Waals surface area contributed by atoms with Crippen LogP contribution in [-0.4, -0.2) is 24.7 Å². The van der Waals surface area contributed by atoms with Crippen LogP contribution in [0.5, 0.6) is 0 Å². The number of nitrogens with one attached hydrogen (secondary N) is 1. The summed E-state index contributed by atoms with van der Waals surface area (Å²) in [5.74, 6) is -2.15. The molecule has 1 aliphatic carbocycles. The van der Waals surface area contributed by atoms with Gasteiger partial charge in [0.25, 0.3) is 0 Å². The van der Waals surface area contributed by atoms with Gasteiger partial charge in [-0.25, -0.2) is 0 Å². The first-order chi connectivity index (χ1) is 8.40. The average molecular weight is 266 g/mol. The lowest BCUT2D eigenvalue weighted by molar-refractivity contribution is -0.189. The number of rotatable bonds is 4. The van der Waals surface area contributed by atoms with E-state index in [1.165, 1.54) is 0 Å². The molecule has 3 N–H and O–H groups in total. The van der Waals surface area contributed by atoms with E-state index < -0.39 is 18.1 Å². The minimum atomic E-state index is -4.23. The average Bonchev–Trinajstić information content (AvgIpc) is 2.30. The number of hydrogen-bond donors (Lipinski definition) is 2. The smallest absolute Gasteiger partial charge is 0.352 e. The van der Waals surface area contributed by atoms with Gasteiger partial charge < -0.3 is 11.1 Å². The van der Waals surface area contributed by atoms with Gasteiger partial charge >= 0.3 is 6.18 Å². The van der Waals surface area contributed by atoms with E-state index in [0.29, 0.717) is 19.3 Å². The molecule has 0 aromatic rings. The lowest BCUT2D eigenvalue weighted by atomic mass is 9.83. The third kappa shape index (κ3) is 3.86. The summed E-state index contributed by atoms with van der Waals surface area (Å²) in [5, 5.41) is 2.54. The molecule has 3 atom stereocenters. The second kappa shape index (κ2) is 6.41. The van der Waals surface area contributed by atoms with Crippen LogP contribution in [0.3, 0.4) is 0 Å². The Labute approximate surface area is 105 Å². The molecule has 106 valence electrons. The largest absolute Gasteiger partial charge is 0.393 e. The molecule has 0 bridgehead atoms. The highest BCUT2D eigenvalue weighted by atomic mass is 19.4. The van der Waals surface area contributed by atoms with Crippen molar-refractivity contribution in [3.8, 4) is 0 Å². The SMILES string of the molecule is CCC(CN)C(=O)NC1CCCCC1C(F)(F)F. The molecule has 3 unspecified atom stereocenters. The van der Waals surface area contributed by atoms with Crippen LogP contribution in [0.4, 0.5) is 13.2 Å². The van der Waals surface area contributed by atoms with Crippen molar-refractivity contribution in [3.05, 3.63) is 0 Å². The van der Waals surface area contributed by atoms with Gasteiger partial charge in [-0.15, -0.1) is 0 Å². The molecule has 1 amide bonds. The summed E-state index contributed by atoms with van der Waals surface area (Å²) in [6.07, 6.45) is -1.87. The van der Waals surface area contributed by atoms with Crippen molar-refractivity contribution >= 4 is 5.91 Å². The maximum atomic E-state index is 12.8. The molecule has 6 heteroatoms. The first-order valence-electron chi connectivity index (χ1n) is 6.47. The predicted octanol–water partition coefficient (Wildman–Crippen LogP) is 2.21. The molecule has 1 rings (SSSR count). The molecule has 0 aromatic carbocycles. The summed E-state index contributed by atoms with van der Waals surface area (Å²) in [4.78, 5) is 11.8. The Morgan fingerprint density at radius 1 is 1.39 bits per heavy atom. The van der Waals surface area contributed by atoms with Crippen molar-refractivity contribution in [1.29, 1.82) is 0 Å². The number of carbonyl (C=O) groups is 1. The van der Waals surface area contributed by atoms with Gasteiger partial charge in [0.2, 0.25) is 5.91 Å². The Balaban J connectivity index is 2.65. The molecule has 18 heavy (non-hydrogen) atoms. The van der Waals surface area contributed by atoms with Crippen molar-refractivity contribution < 1.29 is 18.0 Å². The number of halogens is 3. The fourth-order valence-electron chi connectivity index (χ4n) is 2.46. The van der Waals surface area contributed by atoms with E-state index in [2.05, 4.69) is 5.32 Å². The quantitative estimate of drug-likeness (QED) is 0.819. The molecule has 0 aliphatic heterocycles. The van der Waals surface area contributed by atoms with Gasteiger partial charge in [-0.05, 0) is 19.3 Å². The van der Waals surface area contributed by atoms with E-state index in [1.54, 1.807) is 6.92 Å². The normalized spacial score (nSPS) is 26.7. The number of alkyl halides is 3. The van der Waals surface area contributed by atoms with Crippen LogP contribution >= 0.6 is 0 Å². The molecule has 1 saturated carbocycles. The predicted molar refractivity (Wildman–Crippen MR) is 62.8 cm³/mol. The van der Waals surface area contributed by atoms with Crippen LogP contribution in [0, 0.1) is 11.8 Å². The Kier molecular flexibility index (Phi) is 5.44. The lowest BCUT2D eigenvalue weighted by Gasteiger charge is -2.34. The van der Waals surface area contributed by atoms with E-state index in [-0.39, 0.29) is 24.8 Å². The second-order valence-corrected chi connectivity index (χ2v) is 4.89. The van der Waals surface area contributed by atoms with Crippen molar-refractivity contribution in [2.45, 2.75) is 51.2 Å². The number of hydrogen-bond acceptors (Lipinski definition) is 2. The van der Waals surface area contributed by atoms with E-state index >= 15 is 0 Å². The van der Waals surface area contributed by atoms with Crippen molar-refractivity contribution in [2.24, 2.45) is 17.6 Å². The molecule has 0 aromatic heterocycles. The number of carbonyl (C=O) groups excluding carboxylic acids is 1. The molecular weight excluding hydrogens is 245 g/mol. The Morgan fingerprint density at radius 3 is 2.50 bits per heavy atom. The standard InChI is InChI=1S/C12H21F3N2O/c1-2-8(7-16)11(18)17-10-6-4-3-5-9(10)12(13,14)15/h8-10H,2-7,16H2,1H3,(H,17,18). The van der Waals surface area contributed by atoms with Crippen molar-refractivity contribution in [1.82, 2.24) is 5.32 Å². The van der Waals surface area contributed by atoms with Crippen LogP contribution in [0.15, 0.2) is 0 Å². The summed E-state index contributed by atoms with van der Waals surface area (Å²) < 4.78 is 38.5. The highest BCUT2D eigenvalue weighted by molar-refractivity contribution is 5.79.